The van der Waals surface area contributed by atoms with E-state index in [0.717, 1.165) is 12.5 Å². The van der Waals surface area contributed by atoms with Crippen LogP contribution in [0.2, 0.25) is 0 Å². The van der Waals surface area contributed by atoms with E-state index in [1.54, 1.807) is 7.05 Å². The first-order valence-corrected chi connectivity index (χ1v) is 5.54. The molecule has 14 heavy (non-hydrogen) atoms. The first kappa shape index (κ1) is 13.4. The molecule has 0 fully saturated rings. The molecular formula is C11H24N2O. The van der Waals surface area contributed by atoms with Gasteiger partial charge in [0.2, 0.25) is 5.91 Å². The molecule has 0 aliphatic rings. The number of nitrogens with one attached hydrogen (secondary N) is 2. The van der Waals surface area contributed by atoms with Gasteiger partial charge in [-0.1, -0.05) is 20.3 Å². The molecule has 2 N–H and O–H groups in total. The Morgan fingerprint density at radius 3 is 2.50 bits per heavy atom. The van der Waals surface area contributed by atoms with E-state index in [1.165, 1.54) is 12.8 Å². The Kier molecular flexibility index (Phi) is 7.48. The minimum Gasteiger partial charge on any atom is -0.359 e. The van der Waals surface area contributed by atoms with Crippen LogP contribution in [0.4, 0.5) is 0 Å². The molecule has 3 nitrogen and oxygen atoms in total. The lowest BCUT2D eigenvalue weighted by Crippen LogP contribution is -2.31. The van der Waals surface area contributed by atoms with Crippen LogP contribution in [-0.4, -0.2) is 25.5 Å². The second kappa shape index (κ2) is 7.80. The Morgan fingerprint density at radius 1 is 1.36 bits per heavy atom. The molecule has 0 aromatic carbocycles. The number of rotatable bonds is 7. The van der Waals surface area contributed by atoms with E-state index in [4.69, 9.17) is 0 Å². The second-order valence-corrected chi connectivity index (χ2v) is 4.03. The van der Waals surface area contributed by atoms with Gasteiger partial charge in [-0.2, -0.15) is 0 Å². The van der Waals surface area contributed by atoms with Gasteiger partial charge < -0.3 is 10.6 Å². The van der Waals surface area contributed by atoms with Crippen molar-refractivity contribution in [2.45, 2.75) is 46.1 Å². The predicted octanol–water partition coefficient (Wildman–Crippen LogP) is 1.54. The summed E-state index contributed by atoms with van der Waals surface area (Å²) < 4.78 is 0. The van der Waals surface area contributed by atoms with Crippen LogP contribution in [-0.2, 0) is 4.79 Å². The highest BCUT2D eigenvalue weighted by Crippen LogP contribution is 2.08. The maximum Gasteiger partial charge on any atom is 0.221 e. The number of hydrogen-bond acceptors (Lipinski definition) is 2. The summed E-state index contributed by atoms with van der Waals surface area (Å²) in [6, 6.07) is 0.509. The number of amides is 1. The zero-order chi connectivity index (χ0) is 11.0. The van der Waals surface area contributed by atoms with E-state index in [9.17, 15) is 4.79 Å². The number of hydrogen-bond donors (Lipinski definition) is 2. The number of carbonyl (C=O) groups is 1. The van der Waals surface area contributed by atoms with Crippen LogP contribution in [0.5, 0.6) is 0 Å². The van der Waals surface area contributed by atoms with Gasteiger partial charge in [-0.3, -0.25) is 4.79 Å². The van der Waals surface area contributed by atoms with Crippen LogP contribution in [0.1, 0.15) is 40.0 Å². The van der Waals surface area contributed by atoms with Gasteiger partial charge in [0, 0.05) is 26.1 Å². The van der Waals surface area contributed by atoms with Crippen LogP contribution >= 0.6 is 0 Å². The molecular weight excluding hydrogens is 176 g/mol. The van der Waals surface area contributed by atoms with Gasteiger partial charge in [0.15, 0.2) is 0 Å². The lowest BCUT2D eigenvalue weighted by molar-refractivity contribution is -0.120. The van der Waals surface area contributed by atoms with Crippen LogP contribution < -0.4 is 10.6 Å². The molecule has 0 saturated carbocycles. The topological polar surface area (TPSA) is 41.1 Å². The van der Waals surface area contributed by atoms with Crippen molar-refractivity contribution in [2.75, 3.05) is 13.6 Å². The minimum atomic E-state index is 0.105. The van der Waals surface area contributed by atoms with Gasteiger partial charge in [-0.15, -0.1) is 0 Å². The maximum atomic E-state index is 10.9. The summed E-state index contributed by atoms with van der Waals surface area (Å²) in [5, 5.41) is 5.96. The molecule has 2 atom stereocenters. The lowest BCUT2D eigenvalue weighted by atomic mass is 10.0. The third-order valence-electron chi connectivity index (χ3n) is 2.58. The van der Waals surface area contributed by atoms with Crippen LogP contribution in [0.25, 0.3) is 0 Å². The van der Waals surface area contributed by atoms with Crippen molar-refractivity contribution in [3.05, 3.63) is 0 Å². The largest absolute Gasteiger partial charge is 0.359 e. The highest BCUT2D eigenvalue weighted by Gasteiger charge is 2.06. The van der Waals surface area contributed by atoms with Gasteiger partial charge in [0.05, 0.1) is 0 Å². The van der Waals surface area contributed by atoms with E-state index in [1.807, 2.05) is 0 Å². The normalized spacial score (nSPS) is 14.9. The Hall–Kier alpha value is -0.570. The molecule has 0 aliphatic heterocycles. The number of carbonyl (C=O) groups excluding carboxylic acids is 1. The van der Waals surface area contributed by atoms with Crippen molar-refractivity contribution in [1.29, 1.82) is 0 Å². The fourth-order valence-corrected chi connectivity index (χ4v) is 1.41. The SMILES string of the molecule is CCC(C)CC(C)NCCC(=O)NC. The van der Waals surface area contributed by atoms with Crippen molar-refractivity contribution in [2.24, 2.45) is 5.92 Å². The smallest absolute Gasteiger partial charge is 0.221 e. The molecule has 0 aliphatic carbocycles. The summed E-state index contributed by atoms with van der Waals surface area (Å²) >= 11 is 0. The zero-order valence-corrected chi connectivity index (χ0v) is 9.89. The molecule has 0 aromatic rings. The minimum absolute atomic E-state index is 0.105. The molecule has 0 heterocycles. The highest BCUT2D eigenvalue weighted by molar-refractivity contribution is 5.75. The Labute approximate surface area is 87.6 Å². The van der Waals surface area contributed by atoms with Crippen molar-refractivity contribution in [3.8, 4) is 0 Å². The second-order valence-electron chi connectivity index (χ2n) is 4.03. The van der Waals surface area contributed by atoms with Crippen LogP contribution in [0.15, 0.2) is 0 Å². The summed E-state index contributed by atoms with van der Waals surface area (Å²) in [5.74, 6) is 0.866. The summed E-state index contributed by atoms with van der Waals surface area (Å²) in [6.45, 7) is 7.42. The molecule has 2 unspecified atom stereocenters. The summed E-state index contributed by atoms with van der Waals surface area (Å²) in [7, 11) is 1.67. The van der Waals surface area contributed by atoms with E-state index < -0.39 is 0 Å². The molecule has 0 radical (unpaired) electrons. The molecule has 0 aromatic heterocycles. The summed E-state index contributed by atoms with van der Waals surface area (Å²) in [6.07, 6.45) is 2.98. The van der Waals surface area contributed by atoms with Gasteiger partial charge in [0.25, 0.3) is 0 Å². The van der Waals surface area contributed by atoms with Crippen molar-refractivity contribution < 1.29 is 4.79 Å². The van der Waals surface area contributed by atoms with Crippen molar-refractivity contribution in [3.63, 3.8) is 0 Å². The van der Waals surface area contributed by atoms with Crippen LogP contribution in [0, 0.1) is 5.92 Å². The fraction of sp³-hybridized carbons (Fsp3) is 0.909. The maximum absolute atomic E-state index is 10.9. The fourth-order valence-electron chi connectivity index (χ4n) is 1.41. The van der Waals surface area contributed by atoms with E-state index in [0.29, 0.717) is 12.5 Å². The first-order chi connectivity index (χ1) is 6.60. The van der Waals surface area contributed by atoms with Crippen molar-refractivity contribution in [1.82, 2.24) is 10.6 Å². The average molecular weight is 200 g/mol. The van der Waals surface area contributed by atoms with Gasteiger partial charge in [-0.05, 0) is 19.3 Å². The summed E-state index contributed by atoms with van der Waals surface area (Å²) in [4.78, 5) is 10.9. The van der Waals surface area contributed by atoms with E-state index in [-0.39, 0.29) is 5.91 Å². The molecule has 84 valence electrons. The lowest BCUT2D eigenvalue weighted by Gasteiger charge is -2.17. The molecule has 0 rings (SSSR count). The van der Waals surface area contributed by atoms with E-state index >= 15 is 0 Å². The van der Waals surface area contributed by atoms with Gasteiger partial charge in [-0.25, -0.2) is 0 Å². The molecule has 0 bridgehead atoms. The first-order valence-electron chi connectivity index (χ1n) is 5.54. The predicted molar refractivity (Wildman–Crippen MR) is 60.2 cm³/mol. The third-order valence-corrected chi connectivity index (χ3v) is 2.58. The Balaban J connectivity index is 3.44. The summed E-state index contributed by atoms with van der Waals surface area (Å²) in [5.41, 5.74) is 0. The average Bonchev–Trinajstić information content (AvgIpc) is 2.17. The van der Waals surface area contributed by atoms with Crippen LogP contribution in [0.3, 0.4) is 0 Å². The highest BCUT2D eigenvalue weighted by atomic mass is 16.1. The molecule has 0 spiro atoms. The van der Waals surface area contributed by atoms with Crippen molar-refractivity contribution >= 4 is 5.91 Å². The van der Waals surface area contributed by atoms with E-state index in [2.05, 4.69) is 31.4 Å². The molecule has 0 saturated heterocycles. The Morgan fingerprint density at radius 2 is 2.00 bits per heavy atom. The van der Waals surface area contributed by atoms with Gasteiger partial charge in [0.1, 0.15) is 0 Å². The monoisotopic (exact) mass is 200 g/mol. The third kappa shape index (κ3) is 6.89. The van der Waals surface area contributed by atoms with Gasteiger partial charge >= 0.3 is 0 Å². The molecule has 3 heteroatoms. The standard InChI is InChI=1S/C11H24N2O/c1-5-9(2)8-10(3)13-7-6-11(14)12-4/h9-10,13H,5-8H2,1-4H3,(H,12,14). The zero-order valence-electron chi connectivity index (χ0n) is 9.89. The Bertz CT molecular complexity index is 159. The quantitative estimate of drug-likeness (QED) is 0.654. The molecule has 1 amide bonds.